The van der Waals surface area contributed by atoms with Gasteiger partial charge in [-0.1, -0.05) is 41.7 Å². The molecule has 0 N–H and O–H groups in total. The van der Waals surface area contributed by atoms with E-state index in [9.17, 15) is 9.59 Å². The molecule has 7 heteroatoms. The topological polar surface area (TPSA) is 69.9 Å². The van der Waals surface area contributed by atoms with Crippen molar-refractivity contribution in [3.8, 4) is 0 Å². The summed E-state index contributed by atoms with van der Waals surface area (Å²) in [6.07, 6.45) is 0.243. The van der Waals surface area contributed by atoms with Crippen LogP contribution in [-0.4, -0.2) is 36.8 Å². The zero-order chi connectivity index (χ0) is 19.9. The molecule has 0 aliphatic rings. The summed E-state index contributed by atoms with van der Waals surface area (Å²) in [5, 5.41) is 0. The third-order valence-corrected chi connectivity index (χ3v) is 5.17. The predicted molar refractivity (Wildman–Crippen MR) is 108 cm³/mol. The SMILES string of the molecule is CCOC(=O)c1ccc2c(c1)sc(=NC(=O)Cc1ccccc1)n2CCOC. The molecule has 0 saturated heterocycles. The number of hydrogen-bond acceptors (Lipinski definition) is 5. The summed E-state index contributed by atoms with van der Waals surface area (Å²) < 4.78 is 13.1. The largest absolute Gasteiger partial charge is 0.462 e. The van der Waals surface area contributed by atoms with Crippen molar-refractivity contribution in [2.75, 3.05) is 20.3 Å². The van der Waals surface area contributed by atoms with Crippen LogP contribution in [0.2, 0.25) is 0 Å². The molecule has 3 rings (SSSR count). The van der Waals surface area contributed by atoms with Crippen molar-refractivity contribution in [2.24, 2.45) is 4.99 Å². The molecule has 6 nitrogen and oxygen atoms in total. The lowest BCUT2D eigenvalue weighted by Crippen LogP contribution is -2.19. The molecule has 0 fully saturated rings. The van der Waals surface area contributed by atoms with Crippen molar-refractivity contribution >= 4 is 33.4 Å². The fourth-order valence-corrected chi connectivity index (χ4v) is 3.93. The van der Waals surface area contributed by atoms with Gasteiger partial charge >= 0.3 is 5.97 Å². The summed E-state index contributed by atoms with van der Waals surface area (Å²) >= 11 is 1.38. The molecule has 146 valence electrons. The van der Waals surface area contributed by atoms with E-state index in [4.69, 9.17) is 9.47 Å². The maximum atomic E-state index is 12.5. The van der Waals surface area contributed by atoms with Crippen LogP contribution in [-0.2, 0) is 27.2 Å². The van der Waals surface area contributed by atoms with Crippen molar-refractivity contribution in [3.63, 3.8) is 0 Å². The van der Waals surface area contributed by atoms with Gasteiger partial charge in [-0.2, -0.15) is 4.99 Å². The lowest BCUT2D eigenvalue weighted by molar-refractivity contribution is -0.117. The second-order valence-corrected chi connectivity index (χ2v) is 7.11. The summed E-state index contributed by atoms with van der Waals surface area (Å²) in [4.78, 5) is 29.4. The molecule has 0 spiro atoms. The summed E-state index contributed by atoms with van der Waals surface area (Å²) in [6.45, 7) is 3.15. The normalized spacial score (nSPS) is 11.7. The van der Waals surface area contributed by atoms with Gasteiger partial charge in [0.05, 0.1) is 35.4 Å². The van der Waals surface area contributed by atoms with Crippen LogP contribution in [0.4, 0.5) is 0 Å². The van der Waals surface area contributed by atoms with Gasteiger partial charge in [0, 0.05) is 13.7 Å². The van der Waals surface area contributed by atoms with Gasteiger partial charge in [0.25, 0.3) is 5.91 Å². The number of nitrogens with zero attached hydrogens (tertiary/aromatic N) is 2. The van der Waals surface area contributed by atoms with E-state index in [1.807, 2.05) is 41.0 Å². The van der Waals surface area contributed by atoms with Gasteiger partial charge in [0.1, 0.15) is 0 Å². The van der Waals surface area contributed by atoms with Crippen molar-refractivity contribution in [3.05, 3.63) is 64.5 Å². The Bertz CT molecular complexity index is 1040. The van der Waals surface area contributed by atoms with Gasteiger partial charge in [-0.15, -0.1) is 0 Å². The molecule has 0 radical (unpaired) electrons. The van der Waals surface area contributed by atoms with Crippen molar-refractivity contribution in [1.29, 1.82) is 0 Å². The predicted octanol–water partition coefficient (Wildman–Crippen LogP) is 3.20. The number of hydrogen-bond donors (Lipinski definition) is 0. The standard InChI is InChI=1S/C21H22N2O4S/c1-3-27-20(25)16-9-10-17-18(14-16)28-21(23(17)11-12-26-2)22-19(24)13-15-7-5-4-6-8-15/h4-10,14H,3,11-13H2,1-2H3. The molecule has 1 amide bonds. The molecular weight excluding hydrogens is 376 g/mol. The summed E-state index contributed by atoms with van der Waals surface area (Å²) in [5.41, 5.74) is 2.31. The van der Waals surface area contributed by atoms with Crippen molar-refractivity contribution in [2.45, 2.75) is 19.9 Å². The zero-order valence-electron chi connectivity index (χ0n) is 15.9. The van der Waals surface area contributed by atoms with Crippen LogP contribution < -0.4 is 4.80 Å². The molecule has 28 heavy (non-hydrogen) atoms. The zero-order valence-corrected chi connectivity index (χ0v) is 16.7. The van der Waals surface area contributed by atoms with Crippen LogP contribution in [0.15, 0.2) is 53.5 Å². The van der Waals surface area contributed by atoms with Gasteiger partial charge in [0.15, 0.2) is 4.80 Å². The van der Waals surface area contributed by atoms with E-state index in [0.29, 0.717) is 30.1 Å². The smallest absolute Gasteiger partial charge is 0.338 e. The highest BCUT2D eigenvalue weighted by molar-refractivity contribution is 7.16. The van der Waals surface area contributed by atoms with Crippen LogP contribution in [0.3, 0.4) is 0 Å². The summed E-state index contributed by atoms with van der Waals surface area (Å²) in [5.74, 6) is -0.575. The van der Waals surface area contributed by atoms with Crippen LogP contribution in [0.25, 0.3) is 10.2 Å². The first-order valence-corrected chi connectivity index (χ1v) is 9.85. The molecule has 1 aromatic heterocycles. The van der Waals surface area contributed by atoms with Gasteiger partial charge in [-0.3, -0.25) is 4.79 Å². The quantitative estimate of drug-likeness (QED) is 0.573. The molecule has 2 aromatic carbocycles. The van der Waals surface area contributed by atoms with Crippen LogP contribution in [0, 0.1) is 0 Å². The van der Waals surface area contributed by atoms with Crippen molar-refractivity contribution < 1.29 is 19.1 Å². The minimum atomic E-state index is -0.361. The number of ether oxygens (including phenoxy) is 2. The summed E-state index contributed by atoms with van der Waals surface area (Å²) in [6, 6.07) is 14.9. The summed E-state index contributed by atoms with van der Waals surface area (Å²) in [7, 11) is 1.63. The van der Waals surface area contributed by atoms with Gasteiger partial charge in [0.2, 0.25) is 0 Å². The number of aromatic nitrogens is 1. The van der Waals surface area contributed by atoms with E-state index in [1.165, 1.54) is 11.3 Å². The lowest BCUT2D eigenvalue weighted by Gasteiger charge is -2.05. The molecule has 0 aliphatic carbocycles. The molecule has 0 aliphatic heterocycles. The van der Waals surface area contributed by atoms with E-state index >= 15 is 0 Å². The average Bonchev–Trinajstić information content (AvgIpc) is 3.03. The highest BCUT2D eigenvalue weighted by atomic mass is 32.1. The van der Waals surface area contributed by atoms with E-state index in [0.717, 1.165) is 15.8 Å². The van der Waals surface area contributed by atoms with E-state index in [-0.39, 0.29) is 18.3 Å². The lowest BCUT2D eigenvalue weighted by atomic mass is 10.1. The van der Waals surface area contributed by atoms with Gasteiger partial charge < -0.3 is 14.0 Å². The number of esters is 1. The number of rotatable bonds is 7. The maximum Gasteiger partial charge on any atom is 0.338 e. The minimum Gasteiger partial charge on any atom is -0.462 e. The van der Waals surface area contributed by atoms with Crippen LogP contribution in [0.5, 0.6) is 0 Å². The molecule has 0 bridgehead atoms. The second kappa shape index (κ2) is 9.43. The molecule has 0 saturated carbocycles. The fourth-order valence-electron chi connectivity index (χ4n) is 2.82. The molecular formula is C21H22N2O4S. The number of carbonyl (C=O) groups excluding carboxylic acids is 2. The average molecular weight is 398 g/mol. The Kier molecular flexibility index (Phi) is 6.73. The number of fused-ring (bicyclic) bond motifs is 1. The highest BCUT2D eigenvalue weighted by Crippen LogP contribution is 2.20. The van der Waals surface area contributed by atoms with Crippen LogP contribution in [0.1, 0.15) is 22.8 Å². The molecule has 0 atom stereocenters. The molecule has 1 heterocycles. The minimum absolute atomic E-state index is 0.213. The maximum absolute atomic E-state index is 12.5. The first kappa shape index (κ1) is 20.0. The van der Waals surface area contributed by atoms with Crippen LogP contribution >= 0.6 is 11.3 Å². The Balaban J connectivity index is 1.99. The number of amides is 1. The van der Waals surface area contributed by atoms with Gasteiger partial charge in [-0.25, -0.2) is 4.79 Å². The second-order valence-electron chi connectivity index (χ2n) is 6.10. The first-order valence-electron chi connectivity index (χ1n) is 9.03. The number of benzene rings is 2. The van der Waals surface area contributed by atoms with E-state index < -0.39 is 0 Å². The van der Waals surface area contributed by atoms with E-state index in [2.05, 4.69) is 4.99 Å². The Morgan fingerprint density at radius 3 is 2.64 bits per heavy atom. The van der Waals surface area contributed by atoms with Gasteiger partial charge in [-0.05, 0) is 30.7 Å². The monoisotopic (exact) mass is 398 g/mol. The number of thiazole rings is 1. The third kappa shape index (κ3) is 4.74. The Labute approximate surface area is 167 Å². The highest BCUT2D eigenvalue weighted by Gasteiger charge is 2.12. The Morgan fingerprint density at radius 1 is 1.14 bits per heavy atom. The number of methoxy groups -OCH3 is 1. The van der Waals surface area contributed by atoms with E-state index in [1.54, 1.807) is 26.2 Å². The fraction of sp³-hybridized carbons (Fsp3) is 0.286. The Morgan fingerprint density at radius 2 is 1.93 bits per heavy atom. The van der Waals surface area contributed by atoms with Crippen molar-refractivity contribution in [1.82, 2.24) is 4.57 Å². The first-order chi connectivity index (χ1) is 13.6. The molecule has 0 unspecified atom stereocenters. The molecule has 3 aromatic rings. The Hall–Kier alpha value is -2.77. The third-order valence-electron chi connectivity index (χ3n) is 4.13. The number of carbonyl (C=O) groups is 2.